The average Bonchev–Trinajstić information content (AvgIpc) is 2.90. The largest absolute Gasteiger partial charge is 0.346 e. The van der Waals surface area contributed by atoms with Crippen LogP contribution in [0.5, 0.6) is 0 Å². The summed E-state index contributed by atoms with van der Waals surface area (Å²) < 4.78 is 1.99. The number of hydrogen-bond acceptors (Lipinski definition) is 2. The molecule has 1 aliphatic rings. The smallest absolute Gasteiger partial charge is 0.243 e. The highest BCUT2D eigenvalue weighted by molar-refractivity contribution is 5.87. The van der Waals surface area contributed by atoms with E-state index in [4.69, 9.17) is 0 Å². The van der Waals surface area contributed by atoms with Crippen LogP contribution < -0.4 is 5.32 Å². The number of amides is 1. The van der Waals surface area contributed by atoms with Crippen molar-refractivity contribution in [1.82, 2.24) is 15.1 Å². The molecular formula is C18H21N3O. The lowest BCUT2D eigenvalue weighted by Crippen LogP contribution is -2.36. The number of hydrogen-bond donors (Lipinski definition) is 1. The molecule has 0 saturated carbocycles. The van der Waals surface area contributed by atoms with Crippen LogP contribution in [0.3, 0.4) is 0 Å². The molecule has 1 amide bonds. The van der Waals surface area contributed by atoms with E-state index in [1.54, 1.807) is 0 Å². The van der Waals surface area contributed by atoms with Crippen LogP contribution in [0.25, 0.3) is 5.69 Å². The SMILES string of the molecule is C=CC(=O)NC1CC(C)(C)Cc2c1cnn2-c1ccccc1. The zero-order chi connectivity index (χ0) is 15.7. The van der Waals surface area contributed by atoms with Gasteiger partial charge in [0.15, 0.2) is 0 Å². The van der Waals surface area contributed by atoms with Crippen LogP contribution in [-0.2, 0) is 11.2 Å². The maximum Gasteiger partial charge on any atom is 0.243 e. The highest BCUT2D eigenvalue weighted by Crippen LogP contribution is 2.41. The van der Waals surface area contributed by atoms with Crippen molar-refractivity contribution in [2.75, 3.05) is 0 Å². The van der Waals surface area contributed by atoms with E-state index in [2.05, 4.69) is 30.8 Å². The van der Waals surface area contributed by atoms with Crippen molar-refractivity contribution in [3.05, 3.63) is 60.4 Å². The van der Waals surface area contributed by atoms with Crippen LogP contribution in [0.4, 0.5) is 0 Å². The summed E-state index contributed by atoms with van der Waals surface area (Å²) in [5.74, 6) is -0.138. The summed E-state index contributed by atoms with van der Waals surface area (Å²) in [5, 5.41) is 7.59. The number of rotatable bonds is 3. The number of nitrogens with one attached hydrogen (secondary N) is 1. The second-order valence-corrected chi connectivity index (χ2v) is 6.60. The van der Waals surface area contributed by atoms with E-state index < -0.39 is 0 Å². The Hall–Kier alpha value is -2.36. The highest BCUT2D eigenvalue weighted by atomic mass is 16.1. The summed E-state index contributed by atoms with van der Waals surface area (Å²) in [6, 6.07) is 10.1. The van der Waals surface area contributed by atoms with Crippen molar-refractivity contribution in [2.24, 2.45) is 5.41 Å². The van der Waals surface area contributed by atoms with E-state index in [0.29, 0.717) is 0 Å². The van der Waals surface area contributed by atoms with E-state index >= 15 is 0 Å². The van der Waals surface area contributed by atoms with Crippen LogP contribution in [0.2, 0.25) is 0 Å². The minimum absolute atomic E-state index is 0.0123. The highest BCUT2D eigenvalue weighted by Gasteiger charge is 2.35. The molecule has 3 rings (SSSR count). The molecule has 4 heteroatoms. The zero-order valence-electron chi connectivity index (χ0n) is 13.0. The Bertz CT molecular complexity index is 700. The Labute approximate surface area is 130 Å². The number of fused-ring (bicyclic) bond motifs is 1. The molecule has 1 aliphatic carbocycles. The lowest BCUT2D eigenvalue weighted by Gasteiger charge is -2.35. The van der Waals surface area contributed by atoms with Crippen LogP contribution >= 0.6 is 0 Å². The molecule has 1 atom stereocenters. The molecule has 114 valence electrons. The summed E-state index contributed by atoms with van der Waals surface area (Å²) in [6.07, 6.45) is 5.05. The topological polar surface area (TPSA) is 46.9 Å². The van der Waals surface area contributed by atoms with Gasteiger partial charge in [-0.15, -0.1) is 0 Å². The maximum atomic E-state index is 11.7. The first-order valence-corrected chi connectivity index (χ1v) is 7.55. The molecule has 1 aromatic carbocycles. The molecule has 2 aromatic rings. The van der Waals surface area contributed by atoms with Crippen molar-refractivity contribution < 1.29 is 4.79 Å². The van der Waals surface area contributed by atoms with Gasteiger partial charge in [-0.3, -0.25) is 4.79 Å². The summed E-state index contributed by atoms with van der Waals surface area (Å²) in [5.41, 5.74) is 3.45. The minimum atomic E-state index is -0.138. The molecule has 22 heavy (non-hydrogen) atoms. The summed E-state index contributed by atoms with van der Waals surface area (Å²) in [7, 11) is 0. The van der Waals surface area contributed by atoms with Gasteiger partial charge in [-0.2, -0.15) is 5.10 Å². The van der Waals surface area contributed by atoms with Gasteiger partial charge in [-0.05, 0) is 36.5 Å². The third-order valence-electron chi connectivity index (χ3n) is 4.18. The fourth-order valence-corrected chi connectivity index (χ4v) is 3.19. The third-order valence-corrected chi connectivity index (χ3v) is 4.18. The molecule has 1 unspecified atom stereocenters. The van der Waals surface area contributed by atoms with Crippen molar-refractivity contribution in [1.29, 1.82) is 0 Å². The molecule has 0 aliphatic heterocycles. The van der Waals surface area contributed by atoms with Gasteiger partial charge in [0.05, 0.1) is 23.6 Å². The first-order chi connectivity index (χ1) is 10.5. The number of aromatic nitrogens is 2. The van der Waals surface area contributed by atoms with Gasteiger partial charge < -0.3 is 5.32 Å². The molecule has 0 bridgehead atoms. The Balaban J connectivity index is 2.03. The van der Waals surface area contributed by atoms with E-state index in [0.717, 1.165) is 24.1 Å². The number of para-hydroxylation sites is 1. The molecule has 0 radical (unpaired) electrons. The second kappa shape index (κ2) is 5.44. The number of benzene rings is 1. The molecule has 0 spiro atoms. The molecule has 1 heterocycles. The predicted octanol–water partition coefficient (Wildman–Crippen LogP) is 3.19. The molecule has 0 saturated heterocycles. The molecule has 4 nitrogen and oxygen atoms in total. The molecule has 1 aromatic heterocycles. The molecule has 0 fully saturated rings. The van der Waals surface area contributed by atoms with Gasteiger partial charge in [-0.1, -0.05) is 38.6 Å². The van der Waals surface area contributed by atoms with E-state index in [1.807, 2.05) is 41.2 Å². The van der Waals surface area contributed by atoms with E-state index in [1.165, 1.54) is 11.8 Å². The van der Waals surface area contributed by atoms with Gasteiger partial charge in [-0.25, -0.2) is 4.68 Å². The van der Waals surface area contributed by atoms with Crippen molar-refractivity contribution >= 4 is 5.91 Å². The summed E-state index contributed by atoms with van der Waals surface area (Å²) in [6.45, 7) is 7.99. The lowest BCUT2D eigenvalue weighted by molar-refractivity contribution is -0.117. The maximum absolute atomic E-state index is 11.7. The predicted molar refractivity (Wildman–Crippen MR) is 86.7 cm³/mol. The molecular weight excluding hydrogens is 274 g/mol. The first-order valence-electron chi connectivity index (χ1n) is 7.55. The van der Waals surface area contributed by atoms with Crippen LogP contribution in [-0.4, -0.2) is 15.7 Å². The zero-order valence-corrected chi connectivity index (χ0v) is 13.0. The van der Waals surface area contributed by atoms with Crippen LogP contribution in [0.1, 0.15) is 37.6 Å². The van der Waals surface area contributed by atoms with Gasteiger partial charge in [0.25, 0.3) is 0 Å². The summed E-state index contributed by atoms with van der Waals surface area (Å²) in [4.78, 5) is 11.7. The quantitative estimate of drug-likeness (QED) is 0.884. The van der Waals surface area contributed by atoms with Gasteiger partial charge in [0.2, 0.25) is 5.91 Å². The van der Waals surface area contributed by atoms with Crippen molar-refractivity contribution in [2.45, 2.75) is 32.7 Å². The Morgan fingerprint density at radius 2 is 2.14 bits per heavy atom. The van der Waals surface area contributed by atoms with Crippen LogP contribution in [0, 0.1) is 5.41 Å². The third kappa shape index (κ3) is 2.69. The van der Waals surface area contributed by atoms with Gasteiger partial charge in [0.1, 0.15) is 0 Å². The Kier molecular flexibility index (Phi) is 3.61. The first kappa shape index (κ1) is 14.6. The fourth-order valence-electron chi connectivity index (χ4n) is 3.19. The van der Waals surface area contributed by atoms with Crippen molar-refractivity contribution in [3.63, 3.8) is 0 Å². The van der Waals surface area contributed by atoms with E-state index in [9.17, 15) is 4.79 Å². The number of carbonyl (C=O) groups is 1. The van der Waals surface area contributed by atoms with E-state index in [-0.39, 0.29) is 17.4 Å². The second-order valence-electron chi connectivity index (χ2n) is 6.60. The fraction of sp³-hybridized carbons (Fsp3) is 0.333. The monoisotopic (exact) mass is 295 g/mol. The van der Waals surface area contributed by atoms with Crippen molar-refractivity contribution in [3.8, 4) is 5.69 Å². The Morgan fingerprint density at radius 3 is 2.82 bits per heavy atom. The average molecular weight is 295 g/mol. The Morgan fingerprint density at radius 1 is 1.41 bits per heavy atom. The minimum Gasteiger partial charge on any atom is -0.346 e. The molecule has 1 N–H and O–H groups in total. The lowest BCUT2D eigenvalue weighted by atomic mass is 9.74. The summed E-state index contributed by atoms with van der Waals surface area (Å²) >= 11 is 0. The number of nitrogens with zero attached hydrogens (tertiary/aromatic N) is 2. The van der Waals surface area contributed by atoms with Crippen LogP contribution in [0.15, 0.2) is 49.2 Å². The number of carbonyl (C=O) groups excluding carboxylic acids is 1. The standard InChI is InChI=1S/C18H21N3O/c1-4-17(22)20-15-10-18(2,3)11-16-14(15)12-19-21(16)13-8-6-5-7-9-13/h4-9,12,15H,1,10-11H2,2-3H3,(H,20,22). The normalized spacial score (nSPS) is 19.3. The van der Waals surface area contributed by atoms with Gasteiger partial charge >= 0.3 is 0 Å². The van der Waals surface area contributed by atoms with Gasteiger partial charge in [0, 0.05) is 5.56 Å².